The lowest BCUT2D eigenvalue weighted by Gasteiger charge is -2.36. The summed E-state index contributed by atoms with van der Waals surface area (Å²) in [5.74, 6) is -0.184. The Morgan fingerprint density at radius 1 is 1.37 bits per heavy atom. The van der Waals surface area contributed by atoms with Gasteiger partial charge in [0.15, 0.2) is 0 Å². The second kappa shape index (κ2) is 6.00. The first kappa shape index (κ1) is 13.8. The predicted octanol–water partition coefficient (Wildman–Crippen LogP) is 1.18. The maximum Gasteiger partial charge on any atom is 0.229 e. The van der Waals surface area contributed by atoms with Gasteiger partial charge in [-0.3, -0.25) is 9.80 Å². The molecular formula is C14H20N4O. The fourth-order valence-corrected chi connectivity index (χ4v) is 2.37. The molecule has 5 heteroatoms. The van der Waals surface area contributed by atoms with Crippen LogP contribution in [0.5, 0.6) is 5.88 Å². The van der Waals surface area contributed by atoms with Crippen molar-refractivity contribution >= 4 is 0 Å². The van der Waals surface area contributed by atoms with Crippen LogP contribution in [0.25, 0.3) is 0 Å². The Morgan fingerprint density at radius 3 is 2.63 bits per heavy atom. The number of aromatic nitrogens is 1. The summed E-state index contributed by atoms with van der Waals surface area (Å²) in [6.07, 6.45) is 1.64. The third kappa shape index (κ3) is 3.43. The first-order valence-electron chi connectivity index (χ1n) is 6.64. The first-order valence-corrected chi connectivity index (χ1v) is 6.64. The number of rotatable bonds is 3. The van der Waals surface area contributed by atoms with Gasteiger partial charge in [0.25, 0.3) is 0 Å². The van der Waals surface area contributed by atoms with E-state index in [0.717, 1.165) is 38.3 Å². The number of piperazine rings is 1. The molecule has 0 atom stereocenters. The van der Waals surface area contributed by atoms with Crippen molar-refractivity contribution in [3.05, 3.63) is 23.4 Å². The van der Waals surface area contributed by atoms with Gasteiger partial charge in [-0.1, -0.05) is 0 Å². The van der Waals surface area contributed by atoms with E-state index < -0.39 is 0 Å². The van der Waals surface area contributed by atoms with Crippen LogP contribution in [0, 0.1) is 11.3 Å². The molecule has 2 rings (SSSR count). The zero-order chi connectivity index (χ0) is 13.8. The molecule has 1 aliphatic rings. The predicted molar refractivity (Wildman–Crippen MR) is 72.6 cm³/mol. The molecule has 0 aliphatic carbocycles. The van der Waals surface area contributed by atoms with Crippen molar-refractivity contribution < 1.29 is 5.11 Å². The third-order valence-corrected chi connectivity index (χ3v) is 3.59. The molecule has 5 nitrogen and oxygen atoms in total. The van der Waals surface area contributed by atoms with Crippen LogP contribution in [0.4, 0.5) is 0 Å². The Hall–Kier alpha value is -1.64. The van der Waals surface area contributed by atoms with Gasteiger partial charge in [0, 0.05) is 45.0 Å². The van der Waals surface area contributed by atoms with Crippen molar-refractivity contribution in [1.82, 2.24) is 14.8 Å². The fraction of sp³-hybridized carbons (Fsp3) is 0.571. The minimum Gasteiger partial charge on any atom is -0.492 e. The van der Waals surface area contributed by atoms with Crippen molar-refractivity contribution in [3.8, 4) is 11.9 Å². The van der Waals surface area contributed by atoms with Crippen LogP contribution in [0.15, 0.2) is 12.3 Å². The van der Waals surface area contributed by atoms with E-state index in [9.17, 15) is 5.11 Å². The molecule has 0 bridgehead atoms. The van der Waals surface area contributed by atoms with Crippen LogP contribution in [-0.2, 0) is 6.54 Å². The molecule has 1 aliphatic heterocycles. The van der Waals surface area contributed by atoms with Gasteiger partial charge in [-0.2, -0.15) is 5.26 Å². The Morgan fingerprint density at radius 2 is 2.05 bits per heavy atom. The fourth-order valence-electron chi connectivity index (χ4n) is 2.37. The molecule has 0 aromatic carbocycles. The highest BCUT2D eigenvalue weighted by Crippen LogP contribution is 2.16. The standard InChI is InChI=1S/C14H20N4O/c1-11(2)18-5-3-17(4-6-18)10-12-7-13(8-15)14(19)16-9-12/h7,9,11H,3-6,10H2,1-2H3,(H,16,19). The molecule has 0 amide bonds. The van der Waals surface area contributed by atoms with Gasteiger partial charge >= 0.3 is 0 Å². The van der Waals surface area contributed by atoms with Crippen LogP contribution < -0.4 is 0 Å². The summed E-state index contributed by atoms with van der Waals surface area (Å²) in [6.45, 7) is 9.44. The monoisotopic (exact) mass is 260 g/mol. The van der Waals surface area contributed by atoms with Crippen LogP contribution in [-0.4, -0.2) is 52.1 Å². The van der Waals surface area contributed by atoms with Crippen LogP contribution in [0.1, 0.15) is 25.0 Å². The summed E-state index contributed by atoms with van der Waals surface area (Å²) in [6, 6.07) is 4.27. The summed E-state index contributed by atoms with van der Waals surface area (Å²) in [5, 5.41) is 18.3. The van der Waals surface area contributed by atoms with E-state index >= 15 is 0 Å². The topological polar surface area (TPSA) is 63.4 Å². The van der Waals surface area contributed by atoms with E-state index in [4.69, 9.17) is 5.26 Å². The number of nitrogens with zero attached hydrogens (tertiary/aromatic N) is 4. The zero-order valence-corrected chi connectivity index (χ0v) is 11.5. The molecule has 1 aromatic rings. The van der Waals surface area contributed by atoms with Gasteiger partial charge in [0.1, 0.15) is 11.6 Å². The van der Waals surface area contributed by atoms with Crippen molar-refractivity contribution in [2.75, 3.05) is 26.2 Å². The van der Waals surface area contributed by atoms with E-state index in [0.29, 0.717) is 6.04 Å². The molecule has 1 aromatic heterocycles. The van der Waals surface area contributed by atoms with Gasteiger partial charge in [0.2, 0.25) is 5.88 Å². The molecule has 2 heterocycles. The minimum absolute atomic E-state index is 0.184. The number of aromatic hydroxyl groups is 1. The van der Waals surface area contributed by atoms with E-state index in [1.165, 1.54) is 0 Å². The Kier molecular flexibility index (Phi) is 4.35. The number of pyridine rings is 1. The molecule has 1 fully saturated rings. The average Bonchev–Trinajstić information content (AvgIpc) is 2.41. The van der Waals surface area contributed by atoms with Crippen LogP contribution >= 0.6 is 0 Å². The second-order valence-electron chi connectivity index (χ2n) is 5.23. The molecule has 1 saturated heterocycles. The van der Waals surface area contributed by atoms with Gasteiger partial charge in [0.05, 0.1) is 0 Å². The Bertz CT molecular complexity index is 473. The highest BCUT2D eigenvalue weighted by molar-refractivity contribution is 5.39. The van der Waals surface area contributed by atoms with Gasteiger partial charge < -0.3 is 5.11 Å². The highest BCUT2D eigenvalue weighted by atomic mass is 16.3. The quantitative estimate of drug-likeness (QED) is 0.884. The highest BCUT2D eigenvalue weighted by Gasteiger charge is 2.19. The SMILES string of the molecule is CC(C)N1CCN(Cc2cnc(O)c(C#N)c2)CC1. The first-order chi connectivity index (χ1) is 9.10. The summed E-state index contributed by atoms with van der Waals surface area (Å²) in [5.41, 5.74) is 1.23. The molecular weight excluding hydrogens is 240 g/mol. The van der Waals surface area contributed by atoms with Gasteiger partial charge in [-0.15, -0.1) is 0 Å². The van der Waals surface area contributed by atoms with Gasteiger partial charge in [-0.25, -0.2) is 4.98 Å². The number of hydrogen-bond donors (Lipinski definition) is 1. The van der Waals surface area contributed by atoms with Crippen LogP contribution in [0.2, 0.25) is 0 Å². The lowest BCUT2D eigenvalue weighted by atomic mass is 10.2. The average molecular weight is 260 g/mol. The molecule has 0 unspecified atom stereocenters. The second-order valence-corrected chi connectivity index (χ2v) is 5.23. The van der Waals surface area contributed by atoms with Crippen LogP contribution in [0.3, 0.4) is 0 Å². The summed E-state index contributed by atoms with van der Waals surface area (Å²) in [4.78, 5) is 8.67. The van der Waals surface area contributed by atoms with E-state index in [2.05, 4.69) is 28.6 Å². The van der Waals surface area contributed by atoms with Crippen molar-refractivity contribution in [2.45, 2.75) is 26.4 Å². The van der Waals surface area contributed by atoms with E-state index in [-0.39, 0.29) is 11.4 Å². The molecule has 0 radical (unpaired) electrons. The molecule has 102 valence electrons. The number of nitriles is 1. The minimum atomic E-state index is -0.184. The lowest BCUT2D eigenvalue weighted by Crippen LogP contribution is -2.48. The smallest absolute Gasteiger partial charge is 0.229 e. The Balaban J connectivity index is 1.94. The van der Waals surface area contributed by atoms with E-state index in [1.54, 1.807) is 12.3 Å². The summed E-state index contributed by atoms with van der Waals surface area (Å²) < 4.78 is 0. The van der Waals surface area contributed by atoms with E-state index in [1.807, 2.05) is 6.07 Å². The molecule has 19 heavy (non-hydrogen) atoms. The summed E-state index contributed by atoms with van der Waals surface area (Å²) in [7, 11) is 0. The van der Waals surface area contributed by atoms with Crippen molar-refractivity contribution in [2.24, 2.45) is 0 Å². The molecule has 0 saturated carbocycles. The van der Waals surface area contributed by atoms with Crippen molar-refractivity contribution in [1.29, 1.82) is 5.26 Å². The lowest BCUT2D eigenvalue weighted by molar-refractivity contribution is 0.104. The maximum atomic E-state index is 9.38. The van der Waals surface area contributed by atoms with Gasteiger partial charge in [-0.05, 0) is 25.5 Å². The maximum absolute atomic E-state index is 9.38. The largest absolute Gasteiger partial charge is 0.492 e. The third-order valence-electron chi connectivity index (χ3n) is 3.59. The Labute approximate surface area is 114 Å². The van der Waals surface area contributed by atoms with Crippen molar-refractivity contribution in [3.63, 3.8) is 0 Å². The number of hydrogen-bond acceptors (Lipinski definition) is 5. The molecule has 0 spiro atoms. The summed E-state index contributed by atoms with van der Waals surface area (Å²) >= 11 is 0. The normalized spacial score (nSPS) is 17.6. The zero-order valence-electron chi connectivity index (χ0n) is 11.5. The molecule has 1 N–H and O–H groups in total.